The van der Waals surface area contributed by atoms with E-state index in [1.54, 1.807) is 0 Å². The van der Waals surface area contributed by atoms with Gasteiger partial charge in [0.1, 0.15) is 5.82 Å². The van der Waals surface area contributed by atoms with E-state index >= 15 is 0 Å². The molecule has 1 N–H and O–H groups in total. The molecule has 2 aliphatic heterocycles. The first kappa shape index (κ1) is 13.0. The van der Waals surface area contributed by atoms with Gasteiger partial charge in [0.25, 0.3) is 0 Å². The third kappa shape index (κ3) is 2.65. The predicted molar refractivity (Wildman–Crippen MR) is 74.3 cm³/mol. The summed E-state index contributed by atoms with van der Waals surface area (Å²) in [5.74, 6) is 2.02. The average molecular weight is 261 g/mol. The maximum Gasteiger partial charge on any atom is 0.132 e. The van der Waals surface area contributed by atoms with Crippen molar-refractivity contribution in [1.29, 1.82) is 0 Å². The molecule has 4 heteroatoms. The molecular weight excluding hydrogens is 238 g/mol. The Bertz CT molecular complexity index is 453. The molecule has 19 heavy (non-hydrogen) atoms. The monoisotopic (exact) mass is 261 g/mol. The van der Waals surface area contributed by atoms with Crippen LogP contribution in [0.25, 0.3) is 0 Å². The fourth-order valence-corrected chi connectivity index (χ4v) is 3.02. The second-order valence-electron chi connectivity index (χ2n) is 5.86. The minimum absolute atomic E-state index is 0.480. The summed E-state index contributed by atoms with van der Waals surface area (Å²) in [4.78, 5) is 9.77. The van der Waals surface area contributed by atoms with E-state index < -0.39 is 0 Å². The molecule has 1 fully saturated rings. The van der Waals surface area contributed by atoms with Crippen LogP contribution in [0.4, 0.5) is 0 Å². The largest absolute Gasteiger partial charge is 0.381 e. The average Bonchev–Trinajstić information content (AvgIpc) is 2.47. The molecule has 0 bridgehead atoms. The molecule has 0 atom stereocenters. The van der Waals surface area contributed by atoms with Gasteiger partial charge in [-0.25, -0.2) is 9.97 Å². The van der Waals surface area contributed by atoms with Crippen LogP contribution in [0.15, 0.2) is 0 Å². The van der Waals surface area contributed by atoms with Crippen molar-refractivity contribution in [3.8, 4) is 0 Å². The zero-order chi connectivity index (χ0) is 13.2. The summed E-state index contributed by atoms with van der Waals surface area (Å²) in [5.41, 5.74) is 3.89. The van der Waals surface area contributed by atoms with Crippen molar-refractivity contribution in [2.45, 2.75) is 51.5 Å². The molecular formula is C15H23N3O. The van der Waals surface area contributed by atoms with Crippen LogP contribution in [0.1, 0.15) is 61.3 Å². The van der Waals surface area contributed by atoms with Crippen LogP contribution in [0.2, 0.25) is 0 Å². The summed E-state index contributed by atoms with van der Waals surface area (Å²) in [7, 11) is 0. The topological polar surface area (TPSA) is 47.0 Å². The molecule has 0 aromatic carbocycles. The molecule has 0 amide bonds. The fraction of sp³-hybridized carbons (Fsp3) is 0.733. The second-order valence-corrected chi connectivity index (χ2v) is 5.86. The Labute approximate surface area is 115 Å². The van der Waals surface area contributed by atoms with Crippen LogP contribution in [0, 0.1) is 0 Å². The number of aromatic nitrogens is 2. The van der Waals surface area contributed by atoms with Crippen molar-refractivity contribution < 1.29 is 4.74 Å². The molecule has 3 heterocycles. The first-order chi connectivity index (χ1) is 9.25. The normalized spacial score (nSPS) is 20.6. The summed E-state index contributed by atoms with van der Waals surface area (Å²) >= 11 is 0. The number of hydrogen-bond acceptors (Lipinski definition) is 4. The quantitative estimate of drug-likeness (QED) is 0.886. The standard InChI is InChI=1S/C15H23N3O/c1-10(2)14-12-3-6-16-9-13(12)17-15(18-14)11-4-7-19-8-5-11/h10-11,16H,3-9H2,1-2H3. The van der Waals surface area contributed by atoms with Gasteiger partial charge in [-0.05, 0) is 37.3 Å². The van der Waals surface area contributed by atoms with E-state index in [9.17, 15) is 0 Å². The van der Waals surface area contributed by atoms with Crippen molar-refractivity contribution in [3.05, 3.63) is 22.8 Å². The smallest absolute Gasteiger partial charge is 0.132 e. The third-order valence-corrected chi connectivity index (χ3v) is 4.12. The van der Waals surface area contributed by atoms with Gasteiger partial charge in [-0.3, -0.25) is 0 Å². The van der Waals surface area contributed by atoms with E-state index in [-0.39, 0.29) is 0 Å². The number of nitrogens with zero attached hydrogens (tertiary/aromatic N) is 2. The number of hydrogen-bond donors (Lipinski definition) is 1. The van der Waals surface area contributed by atoms with E-state index in [4.69, 9.17) is 14.7 Å². The Morgan fingerprint density at radius 3 is 2.74 bits per heavy atom. The van der Waals surface area contributed by atoms with Gasteiger partial charge < -0.3 is 10.1 Å². The van der Waals surface area contributed by atoms with Gasteiger partial charge in [-0.2, -0.15) is 0 Å². The molecule has 0 saturated carbocycles. The summed E-state index contributed by atoms with van der Waals surface area (Å²) in [5, 5.41) is 3.42. The molecule has 3 rings (SSSR count). The van der Waals surface area contributed by atoms with Gasteiger partial charge in [0.2, 0.25) is 0 Å². The van der Waals surface area contributed by atoms with Crippen molar-refractivity contribution >= 4 is 0 Å². The first-order valence-electron chi connectivity index (χ1n) is 7.43. The SMILES string of the molecule is CC(C)c1nc(C2CCOCC2)nc2c1CCNC2. The third-order valence-electron chi connectivity index (χ3n) is 4.12. The Morgan fingerprint density at radius 2 is 2.00 bits per heavy atom. The minimum atomic E-state index is 0.480. The molecule has 1 aromatic heterocycles. The van der Waals surface area contributed by atoms with Gasteiger partial charge in [0, 0.05) is 25.7 Å². The number of rotatable bonds is 2. The van der Waals surface area contributed by atoms with Gasteiger partial charge >= 0.3 is 0 Å². The van der Waals surface area contributed by atoms with Crippen LogP contribution in [-0.4, -0.2) is 29.7 Å². The lowest BCUT2D eigenvalue weighted by atomic mass is 9.94. The number of ether oxygens (including phenoxy) is 1. The maximum atomic E-state index is 5.44. The predicted octanol–water partition coefficient (Wildman–Crippen LogP) is 2.14. The lowest BCUT2D eigenvalue weighted by Gasteiger charge is -2.26. The van der Waals surface area contributed by atoms with Crippen molar-refractivity contribution in [2.75, 3.05) is 19.8 Å². The Kier molecular flexibility index (Phi) is 3.80. The molecule has 4 nitrogen and oxygen atoms in total. The Balaban J connectivity index is 1.98. The van der Waals surface area contributed by atoms with Crippen molar-refractivity contribution in [3.63, 3.8) is 0 Å². The summed E-state index contributed by atoms with van der Waals surface area (Å²) in [6.07, 6.45) is 3.18. The van der Waals surface area contributed by atoms with E-state index in [1.165, 1.54) is 17.0 Å². The Hall–Kier alpha value is -1.00. The zero-order valence-corrected chi connectivity index (χ0v) is 11.9. The first-order valence-corrected chi connectivity index (χ1v) is 7.43. The molecule has 0 unspecified atom stereocenters. The summed E-state index contributed by atoms with van der Waals surface area (Å²) in [6.45, 7) is 8.11. The second kappa shape index (κ2) is 5.55. The lowest BCUT2D eigenvalue weighted by Crippen LogP contribution is -2.28. The molecule has 2 aliphatic rings. The van der Waals surface area contributed by atoms with Gasteiger partial charge in [-0.1, -0.05) is 13.8 Å². The van der Waals surface area contributed by atoms with Crippen molar-refractivity contribution in [2.24, 2.45) is 0 Å². The van der Waals surface area contributed by atoms with Crippen LogP contribution in [-0.2, 0) is 17.7 Å². The van der Waals surface area contributed by atoms with Crippen LogP contribution in [0.3, 0.4) is 0 Å². The van der Waals surface area contributed by atoms with Gasteiger partial charge in [0.15, 0.2) is 0 Å². The summed E-state index contributed by atoms with van der Waals surface area (Å²) < 4.78 is 5.44. The fourth-order valence-electron chi connectivity index (χ4n) is 3.02. The highest BCUT2D eigenvalue weighted by Gasteiger charge is 2.24. The minimum Gasteiger partial charge on any atom is -0.381 e. The van der Waals surface area contributed by atoms with Crippen LogP contribution in [0.5, 0.6) is 0 Å². The van der Waals surface area contributed by atoms with Crippen LogP contribution < -0.4 is 5.32 Å². The molecule has 0 spiro atoms. The number of fused-ring (bicyclic) bond motifs is 1. The maximum absolute atomic E-state index is 5.44. The highest BCUT2D eigenvalue weighted by Crippen LogP contribution is 2.29. The Morgan fingerprint density at radius 1 is 1.21 bits per heavy atom. The molecule has 0 aliphatic carbocycles. The molecule has 1 aromatic rings. The van der Waals surface area contributed by atoms with Crippen LogP contribution >= 0.6 is 0 Å². The lowest BCUT2D eigenvalue weighted by molar-refractivity contribution is 0.0834. The highest BCUT2D eigenvalue weighted by molar-refractivity contribution is 5.31. The van der Waals surface area contributed by atoms with Gasteiger partial charge in [-0.15, -0.1) is 0 Å². The summed E-state index contributed by atoms with van der Waals surface area (Å²) in [6, 6.07) is 0. The molecule has 1 saturated heterocycles. The van der Waals surface area contributed by atoms with E-state index in [2.05, 4.69) is 19.2 Å². The van der Waals surface area contributed by atoms with E-state index in [0.29, 0.717) is 11.8 Å². The molecule has 0 radical (unpaired) electrons. The van der Waals surface area contributed by atoms with E-state index in [1.807, 2.05) is 0 Å². The van der Waals surface area contributed by atoms with Crippen molar-refractivity contribution in [1.82, 2.24) is 15.3 Å². The van der Waals surface area contributed by atoms with E-state index in [0.717, 1.165) is 51.4 Å². The highest BCUT2D eigenvalue weighted by atomic mass is 16.5. The zero-order valence-electron chi connectivity index (χ0n) is 11.9. The van der Waals surface area contributed by atoms with Gasteiger partial charge in [0.05, 0.1) is 11.4 Å². The molecule has 104 valence electrons. The number of nitrogens with one attached hydrogen (secondary N) is 1.